The number of hydrogen-bond acceptors (Lipinski definition) is 4. The number of esters is 1. The highest BCUT2D eigenvalue weighted by Crippen LogP contribution is 2.21. The van der Waals surface area contributed by atoms with E-state index in [1.54, 1.807) is 19.1 Å². The van der Waals surface area contributed by atoms with Gasteiger partial charge in [0.05, 0.1) is 24.5 Å². The van der Waals surface area contributed by atoms with E-state index in [1.807, 2.05) is 0 Å². The van der Waals surface area contributed by atoms with Gasteiger partial charge in [0, 0.05) is 5.02 Å². The molecule has 0 bridgehead atoms. The van der Waals surface area contributed by atoms with Crippen LogP contribution < -0.4 is 4.74 Å². The largest absolute Gasteiger partial charge is 0.464 e. The molecule has 0 heterocycles. The lowest BCUT2D eigenvalue weighted by atomic mass is 10.2. The Hall–Kier alpha value is -1.81. The predicted octanol–water partition coefficient (Wildman–Crippen LogP) is 2.61. The summed E-state index contributed by atoms with van der Waals surface area (Å²) in [6.07, 6.45) is 2.92. The number of carbonyl (C=O) groups is 2. The molecule has 0 amide bonds. The number of benzene rings is 1. The summed E-state index contributed by atoms with van der Waals surface area (Å²) < 4.78 is 9.79. The maximum Gasteiger partial charge on any atom is 0.333 e. The lowest BCUT2D eigenvalue weighted by Gasteiger charge is -2.03. The van der Waals surface area contributed by atoms with Crippen LogP contribution in [0.25, 0.3) is 0 Å². The molecular formula is C12H11ClO4. The molecule has 17 heavy (non-hydrogen) atoms. The molecule has 0 aliphatic rings. The van der Waals surface area contributed by atoms with Crippen molar-refractivity contribution in [1.82, 2.24) is 0 Å². The van der Waals surface area contributed by atoms with E-state index >= 15 is 0 Å². The van der Waals surface area contributed by atoms with Gasteiger partial charge in [0.2, 0.25) is 0 Å². The third-order valence-electron chi connectivity index (χ3n) is 1.78. The first-order valence-corrected chi connectivity index (χ1v) is 5.30. The zero-order valence-corrected chi connectivity index (χ0v) is 9.94. The molecule has 1 aromatic carbocycles. The summed E-state index contributed by atoms with van der Waals surface area (Å²) in [7, 11) is 0. The average molecular weight is 255 g/mol. The Balaban J connectivity index is 2.69. The van der Waals surface area contributed by atoms with Crippen molar-refractivity contribution in [2.75, 3.05) is 6.61 Å². The van der Waals surface area contributed by atoms with E-state index in [2.05, 4.69) is 4.74 Å². The second-order valence-electron chi connectivity index (χ2n) is 2.97. The number of halogens is 1. The second-order valence-corrected chi connectivity index (χ2v) is 3.41. The second kappa shape index (κ2) is 6.70. The number of rotatable bonds is 5. The minimum Gasteiger partial charge on any atom is -0.464 e. The van der Waals surface area contributed by atoms with Crippen molar-refractivity contribution in [3.63, 3.8) is 0 Å². The number of carbonyl (C=O) groups excluding carboxylic acids is 2. The van der Waals surface area contributed by atoms with Crippen LogP contribution in [0.15, 0.2) is 30.5 Å². The van der Waals surface area contributed by atoms with Crippen LogP contribution in [0.3, 0.4) is 0 Å². The third-order valence-corrected chi connectivity index (χ3v) is 2.02. The summed E-state index contributed by atoms with van der Waals surface area (Å²) in [5.41, 5.74) is 0.311. The van der Waals surface area contributed by atoms with Crippen LogP contribution in [-0.2, 0) is 9.53 Å². The Morgan fingerprint density at radius 3 is 2.88 bits per heavy atom. The van der Waals surface area contributed by atoms with Gasteiger partial charge < -0.3 is 9.47 Å². The van der Waals surface area contributed by atoms with Crippen LogP contribution in [0.4, 0.5) is 0 Å². The maximum atomic E-state index is 11.0. The molecule has 0 fully saturated rings. The number of hydrogen-bond donors (Lipinski definition) is 0. The van der Waals surface area contributed by atoms with Gasteiger partial charge in [-0.25, -0.2) is 4.79 Å². The molecule has 1 aromatic rings. The molecule has 0 spiro atoms. The van der Waals surface area contributed by atoms with Crippen LogP contribution in [0.1, 0.15) is 17.3 Å². The molecule has 90 valence electrons. The maximum absolute atomic E-state index is 11.0. The van der Waals surface area contributed by atoms with Gasteiger partial charge in [0.1, 0.15) is 5.75 Å². The molecule has 0 saturated carbocycles. The minimum absolute atomic E-state index is 0.295. The first-order chi connectivity index (χ1) is 8.17. The smallest absolute Gasteiger partial charge is 0.333 e. The first kappa shape index (κ1) is 13.3. The lowest BCUT2D eigenvalue weighted by molar-refractivity contribution is -0.137. The van der Waals surface area contributed by atoms with E-state index in [1.165, 1.54) is 6.07 Å². The Morgan fingerprint density at radius 1 is 1.47 bits per heavy atom. The molecule has 1 rings (SSSR count). The van der Waals surface area contributed by atoms with Crippen molar-refractivity contribution >= 4 is 23.9 Å². The summed E-state index contributed by atoms with van der Waals surface area (Å²) in [4.78, 5) is 21.7. The van der Waals surface area contributed by atoms with E-state index in [9.17, 15) is 9.59 Å². The monoisotopic (exact) mass is 254 g/mol. The summed E-state index contributed by atoms with van der Waals surface area (Å²) >= 11 is 5.71. The summed E-state index contributed by atoms with van der Waals surface area (Å²) in [6, 6.07) is 4.60. The predicted molar refractivity (Wildman–Crippen MR) is 63.2 cm³/mol. The fourth-order valence-corrected chi connectivity index (χ4v) is 1.25. The van der Waals surface area contributed by atoms with Crippen LogP contribution in [0.2, 0.25) is 5.02 Å². The molecule has 4 nitrogen and oxygen atoms in total. The van der Waals surface area contributed by atoms with Crippen LogP contribution in [0.5, 0.6) is 5.75 Å². The third kappa shape index (κ3) is 4.28. The molecule has 0 saturated heterocycles. The van der Waals surface area contributed by atoms with Crippen LogP contribution in [0, 0.1) is 0 Å². The van der Waals surface area contributed by atoms with Crippen LogP contribution >= 0.6 is 11.6 Å². The molecular weight excluding hydrogens is 244 g/mol. The van der Waals surface area contributed by atoms with Gasteiger partial charge in [-0.2, -0.15) is 0 Å². The van der Waals surface area contributed by atoms with Gasteiger partial charge in [-0.1, -0.05) is 11.6 Å². The Labute approximate surface area is 104 Å². The molecule has 0 radical (unpaired) electrons. The van der Waals surface area contributed by atoms with E-state index in [-0.39, 0.29) is 0 Å². The summed E-state index contributed by atoms with van der Waals surface area (Å²) in [5.74, 6) is -0.181. The van der Waals surface area contributed by atoms with E-state index in [0.717, 1.165) is 12.3 Å². The van der Waals surface area contributed by atoms with E-state index < -0.39 is 5.97 Å². The average Bonchev–Trinajstić information content (AvgIpc) is 2.31. The zero-order valence-electron chi connectivity index (χ0n) is 9.18. The van der Waals surface area contributed by atoms with Gasteiger partial charge >= 0.3 is 5.97 Å². The van der Waals surface area contributed by atoms with Gasteiger partial charge in [-0.3, -0.25) is 4.79 Å². The van der Waals surface area contributed by atoms with Gasteiger partial charge in [-0.05, 0) is 25.1 Å². The summed E-state index contributed by atoms with van der Waals surface area (Å²) in [6.45, 7) is 2.00. The van der Waals surface area contributed by atoms with Crippen molar-refractivity contribution in [3.8, 4) is 5.75 Å². The SMILES string of the molecule is CCOC(=O)C=COc1ccc(Cl)cc1C=O. The Morgan fingerprint density at radius 2 is 2.24 bits per heavy atom. The Kier molecular flexibility index (Phi) is 5.23. The fourth-order valence-electron chi connectivity index (χ4n) is 1.07. The van der Waals surface area contributed by atoms with Gasteiger partial charge in [0.25, 0.3) is 0 Å². The highest BCUT2D eigenvalue weighted by molar-refractivity contribution is 6.30. The summed E-state index contributed by atoms with van der Waals surface area (Å²) in [5, 5.41) is 0.439. The number of aldehydes is 1. The molecule has 5 heteroatoms. The van der Waals surface area contributed by atoms with E-state index in [0.29, 0.717) is 29.2 Å². The molecule has 0 aliphatic heterocycles. The molecule has 0 aliphatic carbocycles. The van der Waals surface area contributed by atoms with Crippen molar-refractivity contribution < 1.29 is 19.1 Å². The van der Waals surface area contributed by atoms with Gasteiger partial charge in [-0.15, -0.1) is 0 Å². The van der Waals surface area contributed by atoms with Crippen molar-refractivity contribution in [2.24, 2.45) is 0 Å². The molecule has 0 aromatic heterocycles. The topological polar surface area (TPSA) is 52.6 Å². The van der Waals surface area contributed by atoms with Crippen molar-refractivity contribution in [2.45, 2.75) is 6.92 Å². The number of ether oxygens (including phenoxy) is 2. The fraction of sp³-hybridized carbons (Fsp3) is 0.167. The van der Waals surface area contributed by atoms with Crippen molar-refractivity contribution in [1.29, 1.82) is 0 Å². The molecule has 0 atom stereocenters. The zero-order chi connectivity index (χ0) is 12.7. The van der Waals surface area contributed by atoms with E-state index in [4.69, 9.17) is 16.3 Å². The quantitative estimate of drug-likeness (QED) is 0.351. The highest BCUT2D eigenvalue weighted by Gasteiger charge is 2.02. The van der Waals surface area contributed by atoms with Crippen LogP contribution in [-0.4, -0.2) is 18.9 Å². The standard InChI is InChI=1S/C12H11ClO4/c1-2-16-12(15)5-6-17-11-4-3-10(13)7-9(11)8-14/h3-8H,2H2,1H3. The normalized spacial score (nSPS) is 10.2. The molecule has 0 N–H and O–H groups in total. The Bertz CT molecular complexity index is 440. The molecule has 0 unspecified atom stereocenters. The first-order valence-electron chi connectivity index (χ1n) is 4.92. The minimum atomic E-state index is -0.505. The van der Waals surface area contributed by atoms with Gasteiger partial charge in [0.15, 0.2) is 6.29 Å². The highest BCUT2D eigenvalue weighted by atomic mass is 35.5. The van der Waals surface area contributed by atoms with Crippen molar-refractivity contribution in [3.05, 3.63) is 41.1 Å². The lowest BCUT2D eigenvalue weighted by Crippen LogP contribution is -2.00.